The Bertz CT molecular complexity index is 940. The van der Waals surface area contributed by atoms with E-state index in [1.165, 1.54) is 40.4 Å². The zero-order chi connectivity index (χ0) is 18.1. The van der Waals surface area contributed by atoms with Crippen molar-refractivity contribution in [2.45, 2.75) is 31.7 Å². The largest absolute Gasteiger partial charge is 0.256 e. The van der Waals surface area contributed by atoms with Crippen LogP contribution in [-0.4, -0.2) is 5.71 Å². The second kappa shape index (κ2) is 7.45. The molecule has 2 aromatic heterocycles. The van der Waals surface area contributed by atoms with Crippen molar-refractivity contribution in [1.82, 2.24) is 0 Å². The number of anilines is 1. The minimum atomic E-state index is 0.270. The van der Waals surface area contributed by atoms with Crippen LogP contribution in [0.25, 0.3) is 6.08 Å². The predicted octanol–water partition coefficient (Wildman–Crippen LogP) is 7.00. The van der Waals surface area contributed by atoms with Crippen LogP contribution in [0.1, 0.15) is 41.5 Å². The smallest absolute Gasteiger partial charge is 0.0985 e. The van der Waals surface area contributed by atoms with Crippen molar-refractivity contribution in [2.75, 3.05) is 5.01 Å². The van der Waals surface area contributed by atoms with E-state index in [0.29, 0.717) is 5.92 Å². The number of benzene rings is 1. The molecule has 0 spiro atoms. The van der Waals surface area contributed by atoms with Gasteiger partial charge in [-0.1, -0.05) is 35.9 Å². The molecule has 1 fully saturated rings. The van der Waals surface area contributed by atoms with Crippen molar-refractivity contribution in [1.29, 1.82) is 0 Å². The number of nitrogens with zero attached hydrogens (tertiary/aromatic N) is 2. The number of rotatable bonds is 3. The van der Waals surface area contributed by atoms with Crippen LogP contribution >= 0.6 is 22.7 Å². The summed E-state index contributed by atoms with van der Waals surface area (Å²) in [5.74, 6) is 0.383. The average molecular weight is 391 g/mol. The highest BCUT2D eigenvalue weighted by Gasteiger charge is 2.42. The summed E-state index contributed by atoms with van der Waals surface area (Å²) in [6, 6.07) is 19.7. The molecule has 2 aliphatic rings. The quantitative estimate of drug-likeness (QED) is 0.470. The van der Waals surface area contributed by atoms with Gasteiger partial charge in [-0.05, 0) is 66.8 Å². The molecule has 1 saturated carbocycles. The van der Waals surface area contributed by atoms with Crippen molar-refractivity contribution in [3.05, 3.63) is 80.7 Å². The van der Waals surface area contributed by atoms with E-state index in [9.17, 15) is 0 Å². The van der Waals surface area contributed by atoms with Crippen LogP contribution in [0.4, 0.5) is 5.69 Å². The average Bonchev–Trinajstić information content (AvgIpc) is 3.43. The Hall–Kier alpha value is -2.17. The summed E-state index contributed by atoms with van der Waals surface area (Å²) in [4.78, 5) is 2.76. The predicted molar refractivity (Wildman–Crippen MR) is 118 cm³/mol. The van der Waals surface area contributed by atoms with E-state index in [4.69, 9.17) is 5.10 Å². The molecule has 4 heteroatoms. The molecule has 0 saturated heterocycles. The normalized spacial score (nSPS) is 23.9. The van der Waals surface area contributed by atoms with E-state index in [1.54, 1.807) is 5.57 Å². The second-order valence-corrected chi connectivity index (χ2v) is 9.11. The summed E-state index contributed by atoms with van der Waals surface area (Å²) < 4.78 is 0. The van der Waals surface area contributed by atoms with E-state index in [1.807, 2.05) is 22.7 Å². The maximum Gasteiger partial charge on any atom is 0.0985 e. The third-order valence-electron chi connectivity index (χ3n) is 5.45. The molecular formula is C23H22N2S2. The van der Waals surface area contributed by atoms with Crippen LogP contribution in [0.15, 0.2) is 76.0 Å². The van der Waals surface area contributed by atoms with Crippen LogP contribution in [0.3, 0.4) is 0 Å². The number of fused-ring (bicyclic) bond motifs is 1. The molecule has 1 aliphatic heterocycles. The number of hydrogen-bond acceptors (Lipinski definition) is 4. The highest BCUT2D eigenvalue weighted by molar-refractivity contribution is 7.11. The van der Waals surface area contributed by atoms with Gasteiger partial charge in [0.15, 0.2) is 0 Å². The Morgan fingerprint density at radius 3 is 2.48 bits per heavy atom. The molecule has 27 heavy (non-hydrogen) atoms. The van der Waals surface area contributed by atoms with Crippen LogP contribution < -0.4 is 5.01 Å². The molecule has 1 aromatic carbocycles. The van der Waals surface area contributed by atoms with E-state index in [2.05, 4.69) is 76.4 Å². The summed E-state index contributed by atoms with van der Waals surface area (Å²) in [7, 11) is 0. The lowest BCUT2D eigenvalue weighted by Crippen LogP contribution is -2.25. The van der Waals surface area contributed by atoms with E-state index in [-0.39, 0.29) is 6.04 Å². The lowest BCUT2D eigenvalue weighted by atomic mass is 9.85. The number of hydrazone groups is 1. The minimum absolute atomic E-state index is 0.270. The second-order valence-electron chi connectivity index (χ2n) is 7.15. The molecule has 0 N–H and O–H groups in total. The monoisotopic (exact) mass is 390 g/mol. The fourth-order valence-corrected chi connectivity index (χ4v) is 5.80. The van der Waals surface area contributed by atoms with Crippen molar-refractivity contribution >= 4 is 40.1 Å². The molecule has 136 valence electrons. The highest BCUT2D eigenvalue weighted by atomic mass is 32.1. The lowest BCUT2D eigenvalue weighted by molar-refractivity contribution is 0.602. The first-order valence-electron chi connectivity index (χ1n) is 9.59. The molecular weight excluding hydrogens is 368 g/mol. The SMILES string of the molecule is C(=C1CCCCC2=NN(c3ccccc3)C(c3cccs3)C12)c1cccs1. The number of hydrogen-bond donors (Lipinski definition) is 0. The van der Waals surface area contributed by atoms with Crippen molar-refractivity contribution in [3.63, 3.8) is 0 Å². The molecule has 2 unspecified atom stereocenters. The summed E-state index contributed by atoms with van der Waals surface area (Å²) in [6.45, 7) is 0. The fourth-order valence-electron chi connectivity index (χ4n) is 4.26. The minimum Gasteiger partial charge on any atom is -0.256 e. The molecule has 2 nitrogen and oxygen atoms in total. The molecule has 1 aliphatic carbocycles. The number of para-hydroxylation sites is 1. The Morgan fingerprint density at radius 1 is 0.889 bits per heavy atom. The van der Waals surface area contributed by atoms with Gasteiger partial charge in [0.25, 0.3) is 0 Å². The van der Waals surface area contributed by atoms with E-state index >= 15 is 0 Å². The zero-order valence-electron chi connectivity index (χ0n) is 15.1. The van der Waals surface area contributed by atoms with Gasteiger partial charge in [-0.3, -0.25) is 5.01 Å². The molecule has 2 atom stereocenters. The van der Waals surface area contributed by atoms with Crippen LogP contribution in [0.2, 0.25) is 0 Å². The van der Waals surface area contributed by atoms with Crippen LogP contribution in [0.5, 0.6) is 0 Å². The van der Waals surface area contributed by atoms with Crippen molar-refractivity contribution < 1.29 is 0 Å². The van der Waals surface area contributed by atoms with Crippen molar-refractivity contribution in [3.8, 4) is 0 Å². The first-order chi connectivity index (χ1) is 13.4. The van der Waals surface area contributed by atoms with Gasteiger partial charge in [-0.2, -0.15) is 5.10 Å². The molecule has 3 aromatic rings. The third-order valence-corrected chi connectivity index (χ3v) is 7.21. The Kier molecular flexibility index (Phi) is 4.68. The summed E-state index contributed by atoms with van der Waals surface area (Å²) in [6.07, 6.45) is 7.21. The van der Waals surface area contributed by atoms with Gasteiger partial charge >= 0.3 is 0 Å². The first kappa shape index (κ1) is 17.0. The van der Waals surface area contributed by atoms with Crippen LogP contribution in [0, 0.1) is 5.92 Å². The summed E-state index contributed by atoms with van der Waals surface area (Å²) >= 11 is 3.68. The molecule has 0 radical (unpaired) electrons. The fraction of sp³-hybridized carbons (Fsp3) is 0.261. The highest BCUT2D eigenvalue weighted by Crippen LogP contribution is 2.47. The summed E-state index contributed by atoms with van der Waals surface area (Å²) in [5, 5.41) is 11.8. The van der Waals surface area contributed by atoms with Crippen molar-refractivity contribution in [2.24, 2.45) is 11.0 Å². The van der Waals surface area contributed by atoms with Gasteiger partial charge in [0, 0.05) is 21.4 Å². The topological polar surface area (TPSA) is 15.6 Å². The van der Waals surface area contributed by atoms with Gasteiger partial charge < -0.3 is 0 Å². The molecule has 5 rings (SSSR count). The zero-order valence-corrected chi connectivity index (χ0v) is 16.8. The Labute approximate surface area is 168 Å². The lowest BCUT2D eigenvalue weighted by Gasteiger charge is -2.28. The standard InChI is InChI=1S/C23H22N2S2/c1-2-9-18(10-3-1)25-23(21-13-7-15-27-21)22-17(16-19-11-6-14-26-19)8-4-5-12-20(22)24-25/h1-3,6-7,9-11,13-16,22-23H,4-5,8,12H2. The molecule has 0 amide bonds. The van der Waals surface area contributed by atoms with Gasteiger partial charge in [0.05, 0.1) is 11.7 Å². The summed E-state index contributed by atoms with van der Waals surface area (Å²) in [5.41, 5.74) is 4.09. The van der Waals surface area contributed by atoms with Gasteiger partial charge in [-0.25, -0.2) is 0 Å². The van der Waals surface area contributed by atoms with Gasteiger partial charge in [-0.15, -0.1) is 22.7 Å². The first-order valence-corrected chi connectivity index (χ1v) is 11.3. The Balaban J connectivity index is 1.62. The third kappa shape index (κ3) is 3.28. The Morgan fingerprint density at radius 2 is 1.70 bits per heavy atom. The maximum atomic E-state index is 5.18. The van der Waals surface area contributed by atoms with Gasteiger partial charge in [0.1, 0.15) is 0 Å². The van der Waals surface area contributed by atoms with E-state index in [0.717, 1.165) is 6.42 Å². The van der Waals surface area contributed by atoms with Gasteiger partial charge in [0.2, 0.25) is 0 Å². The molecule has 3 heterocycles. The molecule has 0 bridgehead atoms. The van der Waals surface area contributed by atoms with E-state index < -0.39 is 0 Å². The maximum absolute atomic E-state index is 5.18. The number of thiophene rings is 2. The van der Waals surface area contributed by atoms with Crippen LogP contribution in [-0.2, 0) is 0 Å².